The third-order valence-corrected chi connectivity index (χ3v) is 6.94. The predicted molar refractivity (Wildman–Crippen MR) is 71.3 cm³/mol. The molecule has 0 saturated carbocycles. The standard InChI is InChI=1S/C13H26O2Si/c1-12(2)11-14-8-6-10-16(4)9-5-7-13(3)15-16/h13H,1,5-11H2,2-4H3. The largest absolute Gasteiger partial charge is 0.414 e. The lowest BCUT2D eigenvalue weighted by Crippen LogP contribution is -2.41. The number of hydrogen-bond acceptors (Lipinski definition) is 2. The van der Waals surface area contributed by atoms with Gasteiger partial charge in [0.25, 0.3) is 0 Å². The molecule has 2 nitrogen and oxygen atoms in total. The maximum atomic E-state index is 6.17. The van der Waals surface area contributed by atoms with Crippen molar-refractivity contribution in [1.82, 2.24) is 0 Å². The van der Waals surface area contributed by atoms with E-state index in [4.69, 9.17) is 9.16 Å². The SMILES string of the molecule is C=C(C)COCCC[Si]1(C)CCCC(C)O1. The first kappa shape index (κ1) is 13.9. The molecule has 0 aliphatic carbocycles. The first-order valence-corrected chi connectivity index (χ1v) is 9.24. The van der Waals surface area contributed by atoms with Crippen molar-refractivity contribution in [3.63, 3.8) is 0 Å². The minimum atomic E-state index is -1.38. The van der Waals surface area contributed by atoms with Crippen molar-refractivity contribution in [3.8, 4) is 0 Å². The molecule has 0 aromatic heterocycles. The first-order valence-electron chi connectivity index (χ1n) is 6.42. The molecule has 3 heteroatoms. The van der Waals surface area contributed by atoms with Crippen LogP contribution in [-0.2, 0) is 9.16 Å². The monoisotopic (exact) mass is 242 g/mol. The molecule has 0 aromatic rings. The Morgan fingerprint density at radius 3 is 2.94 bits per heavy atom. The van der Waals surface area contributed by atoms with Crippen LogP contribution in [0.25, 0.3) is 0 Å². The normalized spacial score (nSPS) is 30.3. The van der Waals surface area contributed by atoms with E-state index in [0.29, 0.717) is 12.7 Å². The molecule has 2 unspecified atom stereocenters. The fraction of sp³-hybridized carbons (Fsp3) is 0.846. The van der Waals surface area contributed by atoms with Crippen LogP contribution in [0.1, 0.15) is 33.1 Å². The van der Waals surface area contributed by atoms with Gasteiger partial charge in [-0.15, -0.1) is 0 Å². The maximum Gasteiger partial charge on any atom is 0.190 e. The molecule has 0 N–H and O–H groups in total. The molecule has 16 heavy (non-hydrogen) atoms. The Kier molecular flexibility index (Phi) is 5.73. The van der Waals surface area contributed by atoms with Gasteiger partial charge in [-0.3, -0.25) is 0 Å². The lowest BCUT2D eigenvalue weighted by molar-refractivity contribution is 0.149. The molecule has 0 spiro atoms. The Morgan fingerprint density at radius 2 is 2.31 bits per heavy atom. The van der Waals surface area contributed by atoms with E-state index in [1.165, 1.54) is 24.9 Å². The summed E-state index contributed by atoms with van der Waals surface area (Å²) in [7, 11) is -1.38. The molecule has 1 aliphatic heterocycles. The summed E-state index contributed by atoms with van der Waals surface area (Å²) in [4.78, 5) is 0. The van der Waals surface area contributed by atoms with E-state index in [1.807, 2.05) is 6.92 Å². The zero-order valence-corrected chi connectivity index (χ0v) is 12.1. The molecule has 0 bridgehead atoms. The summed E-state index contributed by atoms with van der Waals surface area (Å²) in [6.45, 7) is 12.0. The van der Waals surface area contributed by atoms with E-state index in [-0.39, 0.29) is 0 Å². The molecule has 0 radical (unpaired) electrons. The minimum Gasteiger partial charge on any atom is -0.414 e. The second-order valence-electron chi connectivity index (χ2n) is 5.38. The third kappa shape index (κ3) is 5.28. The zero-order valence-electron chi connectivity index (χ0n) is 11.1. The summed E-state index contributed by atoms with van der Waals surface area (Å²) >= 11 is 0. The van der Waals surface area contributed by atoms with E-state index in [2.05, 4.69) is 20.0 Å². The average molecular weight is 242 g/mol. The highest BCUT2D eigenvalue weighted by Gasteiger charge is 2.33. The van der Waals surface area contributed by atoms with Gasteiger partial charge in [0.05, 0.1) is 6.61 Å². The Labute approximate surface area is 101 Å². The Morgan fingerprint density at radius 1 is 1.56 bits per heavy atom. The number of rotatable bonds is 6. The number of ether oxygens (including phenoxy) is 1. The van der Waals surface area contributed by atoms with E-state index in [9.17, 15) is 0 Å². The topological polar surface area (TPSA) is 18.5 Å². The summed E-state index contributed by atoms with van der Waals surface area (Å²) in [5.41, 5.74) is 1.10. The molecule has 1 rings (SSSR count). The fourth-order valence-corrected chi connectivity index (χ4v) is 5.76. The molecule has 94 valence electrons. The highest BCUT2D eigenvalue weighted by molar-refractivity contribution is 6.72. The van der Waals surface area contributed by atoms with Crippen molar-refractivity contribution in [3.05, 3.63) is 12.2 Å². The Bertz CT molecular complexity index is 230. The minimum absolute atomic E-state index is 0.488. The smallest absolute Gasteiger partial charge is 0.190 e. The van der Waals surface area contributed by atoms with E-state index >= 15 is 0 Å². The first-order chi connectivity index (χ1) is 7.52. The van der Waals surface area contributed by atoms with Crippen LogP contribution in [0.3, 0.4) is 0 Å². The van der Waals surface area contributed by atoms with Gasteiger partial charge in [-0.2, -0.15) is 0 Å². The van der Waals surface area contributed by atoms with Crippen LogP contribution in [0, 0.1) is 0 Å². The highest BCUT2D eigenvalue weighted by atomic mass is 28.4. The van der Waals surface area contributed by atoms with Gasteiger partial charge >= 0.3 is 0 Å². The van der Waals surface area contributed by atoms with Crippen LogP contribution in [0.5, 0.6) is 0 Å². The van der Waals surface area contributed by atoms with Gasteiger partial charge in [-0.1, -0.05) is 18.6 Å². The van der Waals surface area contributed by atoms with E-state index in [0.717, 1.165) is 18.6 Å². The molecule has 0 aromatic carbocycles. The molecule has 1 heterocycles. The van der Waals surface area contributed by atoms with Crippen LogP contribution in [-0.4, -0.2) is 27.6 Å². The summed E-state index contributed by atoms with van der Waals surface area (Å²) in [6.07, 6.45) is 4.23. The molecule has 1 saturated heterocycles. The fourth-order valence-electron chi connectivity index (χ4n) is 2.35. The van der Waals surface area contributed by atoms with Gasteiger partial charge in [-0.05, 0) is 45.3 Å². The van der Waals surface area contributed by atoms with Gasteiger partial charge in [0.15, 0.2) is 8.32 Å². The van der Waals surface area contributed by atoms with Crippen molar-refractivity contribution < 1.29 is 9.16 Å². The van der Waals surface area contributed by atoms with Crippen molar-refractivity contribution in [1.29, 1.82) is 0 Å². The van der Waals surface area contributed by atoms with Gasteiger partial charge in [-0.25, -0.2) is 0 Å². The molecule has 1 aliphatic rings. The molecular formula is C13H26O2Si. The van der Waals surface area contributed by atoms with Crippen molar-refractivity contribution in [2.24, 2.45) is 0 Å². The molecule has 0 amide bonds. The van der Waals surface area contributed by atoms with Crippen molar-refractivity contribution in [2.75, 3.05) is 13.2 Å². The number of hydrogen-bond donors (Lipinski definition) is 0. The van der Waals surface area contributed by atoms with Crippen LogP contribution >= 0.6 is 0 Å². The highest BCUT2D eigenvalue weighted by Crippen LogP contribution is 2.29. The lowest BCUT2D eigenvalue weighted by atomic mass is 10.2. The predicted octanol–water partition coefficient (Wildman–Crippen LogP) is 3.74. The summed E-state index contributed by atoms with van der Waals surface area (Å²) < 4.78 is 11.7. The summed E-state index contributed by atoms with van der Waals surface area (Å²) in [5.74, 6) is 0. The van der Waals surface area contributed by atoms with Gasteiger partial charge in [0, 0.05) is 12.7 Å². The van der Waals surface area contributed by atoms with Gasteiger partial charge in [0.2, 0.25) is 0 Å². The van der Waals surface area contributed by atoms with Crippen molar-refractivity contribution in [2.45, 2.75) is 57.8 Å². The van der Waals surface area contributed by atoms with Crippen LogP contribution in [0.2, 0.25) is 18.6 Å². The average Bonchev–Trinajstić information content (AvgIpc) is 2.16. The second-order valence-corrected chi connectivity index (χ2v) is 9.52. The quantitative estimate of drug-likeness (QED) is 0.401. The molecular weight excluding hydrogens is 216 g/mol. The molecule has 2 atom stereocenters. The van der Waals surface area contributed by atoms with E-state index < -0.39 is 8.32 Å². The maximum absolute atomic E-state index is 6.17. The van der Waals surface area contributed by atoms with Gasteiger partial charge in [0.1, 0.15) is 0 Å². The van der Waals surface area contributed by atoms with Crippen LogP contribution < -0.4 is 0 Å². The lowest BCUT2D eigenvalue weighted by Gasteiger charge is -2.35. The third-order valence-electron chi connectivity index (χ3n) is 3.14. The molecule has 1 fully saturated rings. The summed E-state index contributed by atoms with van der Waals surface area (Å²) in [6, 6.07) is 2.57. The van der Waals surface area contributed by atoms with E-state index in [1.54, 1.807) is 0 Å². The van der Waals surface area contributed by atoms with Crippen LogP contribution in [0.4, 0.5) is 0 Å². The summed E-state index contributed by atoms with van der Waals surface area (Å²) in [5, 5.41) is 0. The second kappa shape index (κ2) is 6.57. The van der Waals surface area contributed by atoms with Gasteiger partial charge < -0.3 is 9.16 Å². The Balaban J connectivity index is 2.13. The van der Waals surface area contributed by atoms with Crippen LogP contribution in [0.15, 0.2) is 12.2 Å². The van der Waals surface area contributed by atoms with Crippen molar-refractivity contribution >= 4 is 8.32 Å². The Hall–Kier alpha value is -0.123. The zero-order chi connectivity index (χ0) is 12.0.